The minimum Gasteiger partial charge on any atom is -0.381 e. The molecule has 0 unspecified atom stereocenters. The highest BCUT2D eigenvalue weighted by molar-refractivity contribution is 4.88. The average molecular weight is 270 g/mol. The van der Waals surface area contributed by atoms with E-state index >= 15 is 0 Å². The fourth-order valence-electron chi connectivity index (χ4n) is 3.28. The molecule has 1 rings (SSSR count). The van der Waals surface area contributed by atoms with Gasteiger partial charge in [0.15, 0.2) is 0 Å². The maximum Gasteiger partial charge on any atom is 0.0472 e. The second-order valence-corrected chi connectivity index (χ2v) is 6.61. The topological polar surface area (TPSA) is 38.5 Å². The lowest BCUT2D eigenvalue weighted by Crippen LogP contribution is -2.50. The van der Waals surface area contributed by atoms with Gasteiger partial charge in [-0.3, -0.25) is 4.90 Å². The van der Waals surface area contributed by atoms with Crippen molar-refractivity contribution in [2.45, 2.75) is 59.4 Å². The van der Waals surface area contributed by atoms with Gasteiger partial charge in [-0.2, -0.15) is 0 Å². The predicted octanol–water partition coefficient (Wildman–Crippen LogP) is 2.89. The van der Waals surface area contributed by atoms with Crippen LogP contribution in [0.15, 0.2) is 0 Å². The largest absolute Gasteiger partial charge is 0.381 e. The highest BCUT2D eigenvalue weighted by atomic mass is 16.5. The van der Waals surface area contributed by atoms with Crippen LogP contribution in [0.2, 0.25) is 0 Å². The van der Waals surface area contributed by atoms with Crippen LogP contribution in [0.25, 0.3) is 0 Å². The van der Waals surface area contributed by atoms with Gasteiger partial charge in [0.2, 0.25) is 0 Å². The first-order valence-corrected chi connectivity index (χ1v) is 8.08. The van der Waals surface area contributed by atoms with E-state index in [1.807, 2.05) is 0 Å². The Bertz CT molecular complexity index is 233. The first kappa shape index (κ1) is 16.9. The van der Waals surface area contributed by atoms with Crippen LogP contribution < -0.4 is 5.73 Å². The van der Waals surface area contributed by atoms with Crippen LogP contribution in [-0.4, -0.2) is 43.8 Å². The Morgan fingerprint density at radius 1 is 1.16 bits per heavy atom. The molecule has 0 aromatic rings. The molecule has 1 aliphatic rings. The van der Waals surface area contributed by atoms with Gasteiger partial charge >= 0.3 is 0 Å². The fraction of sp³-hybridized carbons (Fsp3) is 1.00. The Labute approximate surface area is 119 Å². The van der Waals surface area contributed by atoms with Crippen LogP contribution in [0.1, 0.15) is 53.4 Å². The average Bonchev–Trinajstić information content (AvgIpc) is 2.40. The van der Waals surface area contributed by atoms with Crippen molar-refractivity contribution in [3.05, 3.63) is 0 Å². The molecule has 0 aromatic heterocycles. The van der Waals surface area contributed by atoms with Crippen LogP contribution in [0.4, 0.5) is 0 Å². The summed E-state index contributed by atoms with van der Waals surface area (Å²) in [5.41, 5.74) is 6.41. The van der Waals surface area contributed by atoms with E-state index in [1.54, 1.807) is 0 Å². The lowest BCUT2D eigenvalue weighted by molar-refractivity contribution is -0.0109. The third-order valence-corrected chi connectivity index (χ3v) is 4.58. The lowest BCUT2D eigenvalue weighted by atomic mass is 9.79. The summed E-state index contributed by atoms with van der Waals surface area (Å²) in [6, 6.07) is 0.702. The molecule has 1 saturated heterocycles. The fourth-order valence-corrected chi connectivity index (χ4v) is 3.28. The van der Waals surface area contributed by atoms with E-state index in [0.717, 1.165) is 45.1 Å². The van der Waals surface area contributed by atoms with Gasteiger partial charge in [0.25, 0.3) is 0 Å². The van der Waals surface area contributed by atoms with Crippen molar-refractivity contribution in [2.24, 2.45) is 17.1 Å². The number of hydrogen-bond donors (Lipinski definition) is 1. The van der Waals surface area contributed by atoms with Crippen molar-refractivity contribution < 1.29 is 4.74 Å². The maximum atomic E-state index is 6.12. The van der Waals surface area contributed by atoms with Crippen molar-refractivity contribution in [3.8, 4) is 0 Å². The van der Waals surface area contributed by atoms with Gasteiger partial charge < -0.3 is 10.5 Å². The highest BCUT2D eigenvalue weighted by Gasteiger charge is 2.34. The summed E-state index contributed by atoms with van der Waals surface area (Å²) in [6.45, 7) is 14.1. The Morgan fingerprint density at radius 2 is 1.74 bits per heavy atom. The quantitative estimate of drug-likeness (QED) is 0.737. The number of hydrogen-bond acceptors (Lipinski definition) is 3. The summed E-state index contributed by atoms with van der Waals surface area (Å²) in [5, 5.41) is 0. The predicted molar refractivity (Wildman–Crippen MR) is 82.3 cm³/mol. The van der Waals surface area contributed by atoms with Gasteiger partial charge in [-0.15, -0.1) is 0 Å². The summed E-state index contributed by atoms with van der Waals surface area (Å²) in [6.07, 6.45) is 4.72. The molecule has 0 bridgehead atoms. The Hall–Kier alpha value is -0.120. The Balaban J connectivity index is 2.72. The number of ether oxygens (including phenoxy) is 1. The molecule has 0 saturated carbocycles. The first-order valence-electron chi connectivity index (χ1n) is 8.08. The van der Waals surface area contributed by atoms with E-state index < -0.39 is 0 Å². The minimum atomic E-state index is 0.287. The van der Waals surface area contributed by atoms with Gasteiger partial charge in [0.1, 0.15) is 0 Å². The summed E-state index contributed by atoms with van der Waals surface area (Å²) in [7, 11) is 0. The molecule has 0 radical (unpaired) electrons. The zero-order chi connectivity index (χ0) is 14.3. The van der Waals surface area contributed by atoms with Crippen molar-refractivity contribution in [3.63, 3.8) is 0 Å². The standard InChI is InChI=1S/C16H34N2O/c1-5-15(6-2)18(11-14(3)4)13-16(12-17)7-9-19-10-8-16/h14-15H,5-13,17H2,1-4H3. The van der Waals surface area contributed by atoms with Crippen molar-refractivity contribution in [2.75, 3.05) is 32.8 Å². The second-order valence-electron chi connectivity index (χ2n) is 6.61. The van der Waals surface area contributed by atoms with E-state index in [0.29, 0.717) is 6.04 Å². The van der Waals surface area contributed by atoms with Gasteiger partial charge in [0, 0.05) is 32.3 Å². The molecule has 3 nitrogen and oxygen atoms in total. The Kier molecular flexibility index (Phi) is 7.33. The van der Waals surface area contributed by atoms with Gasteiger partial charge in [-0.1, -0.05) is 27.7 Å². The van der Waals surface area contributed by atoms with Crippen LogP contribution in [0.5, 0.6) is 0 Å². The van der Waals surface area contributed by atoms with Crippen molar-refractivity contribution in [1.29, 1.82) is 0 Å². The molecule has 1 heterocycles. The Morgan fingerprint density at radius 3 is 2.16 bits per heavy atom. The van der Waals surface area contributed by atoms with Crippen LogP contribution >= 0.6 is 0 Å². The minimum absolute atomic E-state index is 0.287. The van der Waals surface area contributed by atoms with Gasteiger partial charge in [-0.05, 0) is 43.6 Å². The molecular weight excluding hydrogens is 236 g/mol. The normalized spacial score (nSPS) is 19.6. The summed E-state index contributed by atoms with van der Waals surface area (Å²) in [5.74, 6) is 0.718. The van der Waals surface area contributed by atoms with E-state index in [9.17, 15) is 0 Å². The second kappa shape index (κ2) is 8.23. The molecule has 19 heavy (non-hydrogen) atoms. The monoisotopic (exact) mass is 270 g/mol. The van der Waals surface area contributed by atoms with E-state index in [1.165, 1.54) is 19.4 Å². The van der Waals surface area contributed by atoms with Crippen LogP contribution in [0, 0.1) is 11.3 Å². The van der Waals surface area contributed by atoms with Gasteiger partial charge in [0.05, 0.1) is 0 Å². The molecular formula is C16H34N2O. The third-order valence-electron chi connectivity index (χ3n) is 4.58. The molecule has 3 heteroatoms. The van der Waals surface area contributed by atoms with E-state index in [-0.39, 0.29) is 5.41 Å². The van der Waals surface area contributed by atoms with Crippen LogP contribution in [0.3, 0.4) is 0 Å². The van der Waals surface area contributed by atoms with Crippen molar-refractivity contribution in [1.82, 2.24) is 4.90 Å². The van der Waals surface area contributed by atoms with E-state index in [2.05, 4.69) is 32.6 Å². The molecule has 1 aliphatic heterocycles. The highest BCUT2D eigenvalue weighted by Crippen LogP contribution is 2.32. The maximum absolute atomic E-state index is 6.12. The first-order chi connectivity index (χ1) is 9.06. The van der Waals surface area contributed by atoms with Crippen molar-refractivity contribution >= 4 is 0 Å². The van der Waals surface area contributed by atoms with E-state index in [4.69, 9.17) is 10.5 Å². The molecule has 1 fully saturated rings. The van der Waals surface area contributed by atoms with Gasteiger partial charge in [-0.25, -0.2) is 0 Å². The summed E-state index contributed by atoms with van der Waals surface area (Å²) < 4.78 is 5.53. The number of nitrogens with zero attached hydrogens (tertiary/aromatic N) is 1. The molecule has 0 spiro atoms. The summed E-state index contributed by atoms with van der Waals surface area (Å²) in [4.78, 5) is 2.70. The van der Waals surface area contributed by atoms with Crippen LogP contribution in [-0.2, 0) is 4.74 Å². The SMILES string of the molecule is CCC(CC)N(CC(C)C)CC1(CN)CCOCC1. The molecule has 0 atom stereocenters. The third kappa shape index (κ3) is 5.05. The molecule has 0 aromatic carbocycles. The summed E-state index contributed by atoms with van der Waals surface area (Å²) >= 11 is 0. The number of nitrogens with two attached hydrogens (primary N) is 1. The molecule has 2 N–H and O–H groups in total. The zero-order valence-corrected chi connectivity index (χ0v) is 13.5. The number of rotatable bonds is 8. The smallest absolute Gasteiger partial charge is 0.0472 e. The molecule has 114 valence electrons. The lowest BCUT2D eigenvalue weighted by Gasteiger charge is -2.43. The molecule has 0 aliphatic carbocycles. The zero-order valence-electron chi connectivity index (χ0n) is 13.5. The molecule has 0 amide bonds.